The van der Waals surface area contributed by atoms with Crippen LogP contribution in [-0.4, -0.2) is 13.7 Å². The maximum Gasteiger partial charge on any atom is 0.119 e. The van der Waals surface area contributed by atoms with Gasteiger partial charge in [-0.25, -0.2) is 0 Å². The monoisotopic (exact) mass is 204 g/mol. The van der Waals surface area contributed by atoms with Crippen molar-refractivity contribution < 1.29 is 9.47 Å². The Morgan fingerprint density at radius 2 is 2.13 bits per heavy atom. The number of benzene rings is 1. The first kappa shape index (κ1) is 10.1. The molecule has 0 spiro atoms. The molecule has 1 aliphatic carbocycles. The van der Waals surface area contributed by atoms with Crippen molar-refractivity contribution in [3.8, 4) is 5.75 Å². The molecule has 0 saturated carbocycles. The molecule has 1 aliphatic rings. The molecule has 0 amide bonds. The van der Waals surface area contributed by atoms with Crippen LogP contribution in [0.2, 0.25) is 0 Å². The quantitative estimate of drug-likeness (QED) is 0.753. The summed E-state index contributed by atoms with van der Waals surface area (Å²) in [7, 11) is 1.70. The van der Waals surface area contributed by atoms with Crippen LogP contribution in [-0.2, 0) is 11.2 Å². The van der Waals surface area contributed by atoms with Crippen molar-refractivity contribution in [2.24, 2.45) is 0 Å². The van der Waals surface area contributed by atoms with Crippen molar-refractivity contribution in [2.45, 2.75) is 19.8 Å². The van der Waals surface area contributed by atoms with E-state index in [0.717, 1.165) is 31.0 Å². The number of ether oxygens (including phenoxy) is 2. The molecule has 2 nitrogen and oxygen atoms in total. The average Bonchev–Trinajstić information content (AvgIpc) is 2.29. The topological polar surface area (TPSA) is 18.5 Å². The van der Waals surface area contributed by atoms with E-state index >= 15 is 0 Å². The van der Waals surface area contributed by atoms with Crippen LogP contribution in [0.4, 0.5) is 0 Å². The van der Waals surface area contributed by atoms with Gasteiger partial charge in [-0.1, -0.05) is 6.07 Å². The van der Waals surface area contributed by atoms with Gasteiger partial charge in [0.1, 0.15) is 5.75 Å². The third-order valence-electron chi connectivity index (χ3n) is 2.64. The third kappa shape index (κ3) is 2.14. The number of hydrogen-bond acceptors (Lipinski definition) is 2. The Bertz CT molecular complexity index is 380. The molecule has 2 rings (SSSR count). The van der Waals surface area contributed by atoms with E-state index in [1.165, 1.54) is 11.1 Å². The summed E-state index contributed by atoms with van der Waals surface area (Å²) in [5.74, 6) is 2.03. The summed E-state index contributed by atoms with van der Waals surface area (Å²) in [5.41, 5.74) is 2.60. The lowest BCUT2D eigenvalue weighted by atomic mass is 9.96. The summed E-state index contributed by atoms with van der Waals surface area (Å²) in [4.78, 5) is 0. The Balaban J connectivity index is 2.27. The molecule has 0 atom stereocenters. The fourth-order valence-corrected chi connectivity index (χ4v) is 1.87. The van der Waals surface area contributed by atoms with Gasteiger partial charge in [0.05, 0.1) is 19.5 Å². The Morgan fingerprint density at radius 3 is 2.87 bits per heavy atom. The van der Waals surface area contributed by atoms with Gasteiger partial charge < -0.3 is 9.47 Å². The van der Waals surface area contributed by atoms with Gasteiger partial charge in [0.25, 0.3) is 0 Å². The van der Waals surface area contributed by atoms with E-state index in [-0.39, 0.29) is 0 Å². The predicted molar refractivity (Wildman–Crippen MR) is 60.9 cm³/mol. The van der Waals surface area contributed by atoms with E-state index < -0.39 is 0 Å². The summed E-state index contributed by atoms with van der Waals surface area (Å²) in [6, 6.07) is 6.19. The van der Waals surface area contributed by atoms with Crippen LogP contribution in [0.15, 0.2) is 24.0 Å². The molecule has 1 aromatic rings. The maximum atomic E-state index is 5.53. The van der Waals surface area contributed by atoms with Crippen molar-refractivity contribution in [2.75, 3.05) is 13.7 Å². The number of methoxy groups -OCH3 is 1. The van der Waals surface area contributed by atoms with Gasteiger partial charge >= 0.3 is 0 Å². The summed E-state index contributed by atoms with van der Waals surface area (Å²) in [6.45, 7) is 2.77. The molecule has 0 heterocycles. The van der Waals surface area contributed by atoms with Crippen LogP contribution in [0.5, 0.6) is 5.75 Å². The van der Waals surface area contributed by atoms with E-state index in [2.05, 4.69) is 18.2 Å². The van der Waals surface area contributed by atoms with Crippen LogP contribution in [0.3, 0.4) is 0 Å². The first-order valence-corrected chi connectivity index (χ1v) is 5.33. The highest BCUT2D eigenvalue weighted by atomic mass is 16.5. The smallest absolute Gasteiger partial charge is 0.119 e. The highest BCUT2D eigenvalue weighted by molar-refractivity contribution is 5.59. The Hall–Kier alpha value is -1.44. The van der Waals surface area contributed by atoms with Gasteiger partial charge in [-0.3, -0.25) is 0 Å². The second-order valence-corrected chi connectivity index (χ2v) is 3.61. The Morgan fingerprint density at radius 1 is 1.27 bits per heavy atom. The lowest BCUT2D eigenvalue weighted by Crippen LogP contribution is -2.02. The molecule has 1 aromatic carbocycles. The summed E-state index contributed by atoms with van der Waals surface area (Å²) in [5, 5.41) is 0. The van der Waals surface area contributed by atoms with Crippen molar-refractivity contribution >= 4 is 6.08 Å². The lowest BCUT2D eigenvalue weighted by molar-refractivity contribution is 0.221. The molecule has 0 saturated heterocycles. The molecule has 80 valence electrons. The Kier molecular flexibility index (Phi) is 2.95. The number of aryl methyl sites for hydroxylation is 1. The zero-order chi connectivity index (χ0) is 10.7. The minimum atomic E-state index is 0.747. The van der Waals surface area contributed by atoms with Crippen LogP contribution >= 0.6 is 0 Å². The normalized spacial score (nSPS) is 14.1. The standard InChI is InChI=1S/C13H16O2/c1-3-15-13-7-5-10-8-12(14-2)6-4-11(10)9-13/h4,6,8-9H,3,5,7H2,1-2H3. The molecular formula is C13H16O2. The van der Waals surface area contributed by atoms with E-state index in [9.17, 15) is 0 Å². The van der Waals surface area contributed by atoms with E-state index in [4.69, 9.17) is 9.47 Å². The number of hydrogen-bond donors (Lipinski definition) is 0. The maximum absolute atomic E-state index is 5.53. The van der Waals surface area contributed by atoms with Crippen LogP contribution in [0.25, 0.3) is 6.08 Å². The molecule has 2 heteroatoms. The highest BCUT2D eigenvalue weighted by Crippen LogP contribution is 2.27. The van der Waals surface area contributed by atoms with Crippen molar-refractivity contribution in [1.82, 2.24) is 0 Å². The number of allylic oxidation sites excluding steroid dienone is 1. The van der Waals surface area contributed by atoms with Gasteiger partial charge in [0, 0.05) is 6.42 Å². The highest BCUT2D eigenvalue weighted by Gasteiger charge is 2.11. The Labute approximate surface area is 90.5 Å². The first-order chi connectivity index (χ1) is 7.33. The zero-order valence-corrected chi connectivity index (χ0v) is 9.25. The largest absolute Gasteiger partial charge is 0.498 e. The molecule has 0 N–H and O–H groups in total. The van der Waals surface area contributed by atoms with Gasteiger partial charge in [0.15, 0.2) is 0 Å². The molecule has 0 fully saturated rings. The molecule has 0 bridgehead atoms. The minimum absolute atomic E-state index is 0.747. The van der Waals surface area contributed by atoms with E-state index in [0.29, 0.717) is 0 Å². The van der Waals surface area contributed by atoms with Gasteiger partial charge in [-0.2, -0.15) is 0 Å². The molecular weight excluding hydrogens is 188 g/mol. The van der Waals surface area contributed by atoms with Crippen molar-refractivity contribution in [3.05, 3.63) is 35.1 Å². The van der Waals surface area contributed by atoms with Gasteiger partial charge in [-0.15, -0.1) is 0 Å². The second kappa shape index (κ2) is 4.39. The summed E-state index contributed by atoms with van der Waals surface area (Å²) < 4.78 is 10.7. The van der Waals surface area contributed by atoms with Gasteiger partial charge in [0.2, 0.25) is 0 Å². The van der Waals surface area contributed by atoms with Crippen LogP contribution < -0.4 is 4.74 Å². The zero-order valence-electron chi connectivity index (χ0n) is 9.25. The third-order valence-corrected chi connectivity index (χ3v) is 2.64. The fourth-order valence-electron chi connectivity index (χ4n) is 1.87. The number of fused-ring (bicyclic) bond motifs is 1. The molecule has 15 heavy (non-hydrogen) atoms. The van der Waals surface area contributed by atoms with Crippen molar-refractivity contribution in [1.29, 1.82) is 0 Å². The number of rotatable bonds is 3. The van der Waals surface area contributed by atoms with Crippen molar-refractivity contribution in [3.63, 3.8) is 0 Å². The second-order valence-electron chi connectivity index (χ2n) is 3.61. The average molecular weight is 204 g/mol. The molecule has 0 aliphatic heterocycles. The first-order valence-electron chi connectivity index (χ1n) is 5.33. The van der Waals surface area contributed by atoms with Crippen LogP contribution in [0, 0.1) is 0 Å². The van der Waals surface area contributed by atoms with Gasteiger partial charge in [-0.05, 0) is 42.7 Å². The molecule has 0 unspecified atom stereocenters. The minimum Gasteiger partial charge on any atom is -0.498 e. The predicted octanol–water partition coefficient (Wildman–Crippen LogP) is 3.02. The van der Waals surface area contributed by atoms with E-state index in [1.54, 1.807) is 7.11 Å². The SMILES string of the molecule is CCOC1=Cc2ccc(OC)cc2CC1. The van der Waals surface area contributed by atoms with Crippen LogP contribution in [0.1, 0.15) is 24.5 Å². The fraction of sp³-hybridized carbons (Fsp3) is 0.385. The lowest BCUT2D eigenvalue weighted by Gasteiger charge is -2.17. The molecule has 0 radical (unpaired) electrons. The summed E-state index contributed by atoms with van der Waals surface area (Å²) >= 11 is 0. The summed E-state index contributed by atoms with van der Waals surface area (Å²) in [6.07, 6.45) is 4.16. The molecule has 0 aromatic heterocycles. The van der Waals surface area contributed by atoms with E-state index in [1.807, 2.05) is 13.0 Å².